The van der Waals surface area contributed by atoms with Crippen molar-refractivity contribution in [1.82, 2.24) is 10.2 Å². The summed E-state index contributed by atoms with van der Waals surface area (Å²) in [5.74, 6) is 0.218. The zero-order valence-corrected chi connectivity index (χ0v) is 7.63. The lowest BCUT2D eigenvalue weighted by Crippen LogP contribution is -2.04. The van der Waals surface area contributed by atoms with Crippen LogP contribution in [-0.4, -0.2) is 21.5 Å². The lowest BCUT2D eigenvalue weighted by molar-refractivity contribution is 0.142. The number of aromatic nitrogens is 2. The molecule has 0 radical (unpaired) electrons. The number of ether oxygens (including phenoxy) is 1. The van der Waals surface area contributed by atoms with Crippen molar-refractivity contribution < 1.29 is 14.6 Å². The quantitative estimate of drug-likeness (QED) is 0.701. The van der Waals surface area contributed by atoms with Crippen LogP contribution in [0.3, 0.4) is 0 Å². The predicted octanol–water partition coefficient (Wildman–Crippen LogP) is 1.73. The van der Waals surface area contributed by atoms with Crippen LogP contribution in [-0.2, 0) is 6.42 Å². The van der Waals surface area contributed by atoms with E-state index in [1.54, 1.807) is 6.92 Å². The molecular weight excluding hydrogens is 172 g/mol. The molecule has 1 aromatic rings. The highest BCUT2D eigenvalue weighted by Gasteiger charge is 2.11. The molecule has 1 aromatic heterocycles. The Bertz CT molecular complexity index is 306. The summed E-state index contributed by atoms with van der Waals surface area (Å²) < 4.78 is 4.47. The third-order valence-electron chi connectivity index (χ3n) is 1.74. The number of aryl methyl sites for hydroxylation is 1. The van der Waals surface area contributed by atoms with Gasteiger partial charge >= 0.3 is 6.16 Å². The van der Waals surface area contributed by atoms with Crippen molar-refractivity contribution in [2.24, 2.45) is 0 Å². The Hall–Kier alpha value is -1.52. The molecule has 0 amide bonds. The highest BCUT2D eigenvalue weighted by Crippen LogP contribution is 2.18. The Morgan fingerprint density at radius 3 is 2.92 bits per heavy atom. The molecule has 13 heavy (non-hydrogen) atoms. The first-order chi connectivity index (χ1) is 6.15. The summed E-state index contributed by atoms with van der Waals surface area (Å²) in [6.45, 7) is 3.82. The Balaban J connectivity index is 2.79. The molecule has 0 bridgehead atoms. The highest BCUT2D eigenvalue weighted by molar-refractivity contribution is 5.61. The zero-order valence-electron chi connectivity index (χ0n) is 7.63. The zero-order chi connectivity index (χ0) is 9.84. The standard InChI is InChI=1S/C8H12N2O3/c1-3-4-6-5(2)7(10-9-6)13-8(11)12/h3-4H2,1-2H3,(H,9,10)(H,11,12). The van der Waals surface area contributed by atoms with Gasteiger partial charge < -0.3 is 9.84 Å². The molecule has 1 heterocycles. The summed E-state index contributed by atoms with van der Waals surface area (Å²) in [7, 11) is 0. The molecule has 72 valence electrons. The first-order valence-corrected chi connectivity index (χ1v) is 4.09. The van der Waals surface area contributed by atoms with Crippen molar-refractivity contribution in [3.63, 3.8) is 0 Å². The number of hydrogen-bond acceptors (Lipinski definition) is 3. The minimum atomic E-state index is -1.32. The molecule has 5 nitrogen and oxygen atoms in total. The SMILES string of the molecule is CCCc1n[nH]c(OC(=O)O)c1C. The molecule has 0 saturated heterocycles. The van der Waals surface area contributed by atoms with Crippen LogP contribution >= 0.6 is 0 Å². The Morgan fingerprint density at radius 1 is 1.69 bits per heavy atom. The maximum absolute atomic E-state index is 10.2. The van der Waals surface area contributed by atoms with Crippen molar-refractivity contribution in [1.29, 1.82) is 0 Å². The van der Waals surface area contributed by atoms with Crippen molar-refractivity contribution in [3.05, 3.63) is 11.3 Å². The molecule has 0 aromatic carbocycles. The number of hydrogen-bond donors (Lipinski definition) is 2. The molecule has 0 fully saturated rings. The Labute approximate surface area is 75.7 Å². The van der Waals surface area contributed by atoms with Gasteiger partial charge in [-0.3, -0.25) is 0 Å². The normalized spacial score (nSPS) is 10.0. The maximum Gasteiger partial charge on any atom is 0.512 e. The molecule has 0 aliphatic heterocycles. The fourth-order valence-corrected chi connectivity index (χ4v) is 1.08. The molecule has 0 atom stereocenters. The van der Waals surface area contributed by atoms with Crippen molar-refractivity contribution >= 4 is 6.16 Å². The summed E-state index contributed by atoms with van der Waals surface area (Å²) >= 11 is 0. The fraction of sp³-hybridized carbons (Fsp3) is 0.500. The van der Waals surface area contributed by atoms with Gasteiger partial charge in [-0.25, -0.2) is 9.89 Å². The second-order valence-electron chi connectivity index (χ2n) is 2.74. The average molecular weight is 184 g/mol. The van der Waals surface area contributed by atoms with Gasteiger partial charge in [0.25, 0.3) is 0 Å². The van der Waals surface area contributed by atoms with E-state index in [9.17, 15) is 4.79 Å². The molecule has 5 heteroatoms. The minimum Gasteiger partial charge on any atom is -0.449 e. The lowest BCUT2D eigenvalue weighted by atomic mass is 10.2. The monoisotopic (exact) mass is 184 g/mol. The fourth-order valence-electron chi connectivity index (χ4n) is 1.08. The Morgan fingerprint density at radius 2 is 2.38 bits per heavy atom. The summed E-state index contributed by atoms with van der Waals surface area (Å²) in [4.78, 5) is 10.2. The first-order valence-electron chi connectivity index (χ1n) is 4.09. The number of nitrogens with one attached hydrogen (secondary N) is 1. The van der Waals surface area contributed by atoms with Gasteiger partial charge in [0.1, 0.15) is 0 Å². The summed E-state index contributed by atoms with van der Waals surface area (Å²) in [6, 6.07) is 0. The van der Waals surface area contributed by atoms with Gasteiger partial charge in [0.15, 0.2) is 0 Å². The number of H-pyrrole nitrogens is 1. The van der Waals surface area contributed by atoms with Crippen LogP contribution in [0.15, 0.2) is 0 Å². The number of carboxylic acid groups (broad SMARTS) is 1. The molecule has 0 unspecified atom stereocenters. The van der Waals surface area contributed by atoms with Gasteiger partial charge in [0.2, 0.25) is 5.88 Å². The lowest BCUT2D eigenvalue weighted by Gasteiger charge is -1.96. The maximum atomic E-state index is 10.2. The van der Waals surface area contributed by atoms with E-state index in [0.29, 0.717) is 0 Å². The van der Waals surface area contributed by atoms with Crippen LogP contribution in [0.2, 0.25) is 0 Å². The van der Waals surface area contributed by atoms with Gasteiger partial charge in [-0.15, -0.1) is 0 Å². The third kappa shape index (κ3) is 2.21. The van der Waals surface area contributed by atoms with Gasteiger partial charge in [0, 0.05) is 5.56 Å². The highest BCUT2D eigenvalue weighted by atomic mass is 16.7. The molecule has 0 saturated carbocycles. The number of nitrogens with zero attached hydrogens (tertiary/aromatic N) is 1. The molecule has 0 aliphatic rings. The smallest absolute Gasteiger partial charge is 0.449 e. The van der Waals surface area contributed by atoms with E-state index in [4.69, 9.17) is 5.11 Å². The number of carbonyl (C=O) groups is 1. The second kappa shape index (κ2) is 3.93. The van der Waals surface area contributed by atoms with Crippen LogP contribution in [0.25, 0.3) is 0 Å². The first kappa shape index (κ1) is 9.57. The van der Waals surface area contributed by atoms with E-state index in [2.05, 4.69) is 14.9 Å². The van der Waals surface area contributed by atoms with E-state index >= 15 is 0 Å². The van der Waals surface area contributed by atoms with Gasteiger partial charge in [-0.1, -0.05) is 13.3 Å². The van der Waals surface area contributed by atoms with Crippen molar-refractivity contribution in [2.75, 3.05) is 0 Å². The summed E-state index contributed by atoms with van der Waals surface area (Å²) in [5.41, 5.74) is 1.63. The number of rotatable bonds is 3. The third-order valence-corrected chi connectivity index (χ3v) is 1.74. The molecule has 2 N–H and O–H groups in total. The van der Waals surface area contributed by atoms with E-state index in [0.717, 1.165) is 24.1 Å². The van der Waals surface area contributed by atoms with E-state index in [-0.39, 0.29) is 5.88 Å². The Kier molecular flexibility index (Phi) is 2.89. The van der Waals surface area contributed by atoms with Gasteiger partial charge in [0.05, 0.1) is 5.69 Å². The van der Waals surface area contributed by atoms with Crippen LogP contribution < -0.4 is 4.74 Å². The van der Waals surface area contributed by atoms with Crippen molar-refractivity contribution in [3.8, 4) is 5.88 Å². The van der Waals surface area contributed by atoms with Crippen LogP contribution in [0, 0.1) is 6.92 Å². The topological polar surface area (TPSA) is 75.2 Å². The largest absolute Gasteiger partial charge is 0.512 e. The molecular formula is C8H12N2O3. The van der Waals surface area contributed by atoms with Crippen LogP contribution in [0.4, 0.5) is 4.79 Å². The summed E-state index contributed by atoms with van der Waals surface area (Å²) in [6.07, 6.45) is 0.471. The van der Waals surface area contributed by atoms with Crippen molar-refractivity contribution in [2.45, 2.75) is 26.7 Å². The predicted molar refractivity (Wildman–Crippen MR) is 46.0 cm³/mol. The molecule has 1 rings (SSSR count). The minimum absolute atomic E-state index is 0.218. The summed E-state index contributed by atoms with van der Waals surface area (Å²) in [5, 5.41) is 14.8. The molecule has 0 aliphatic carbocycles. The van der Waals surface area contributed by atoms with Crippen LogP contribution in [0.1, 0.15) is 24.6 Å². The number of aromatic amines is 1. The average Bonchev–Trinajstić information content (AvgIpc) is 2.36. The van der Waals surface area contributed by atoms with Crippen LogP contribution in [0.5, 0.6) is 5.88 Å². The van der Waals surface area contributed by atoms with Gasteiger partial charge in [-0.05, 0) is 13.3 Å². The van der Waals surface area contributed by atoms with E-state index in [1.807, 2.05) is 6.92 Å². The van der Waals surface area contributed by atoms with E-state index < -0.39 is 6.16 Å². The second-order valence-corrected chi connectivity index (χ2v) is 2.74. The van der Waals surface area contributed by atoms with E-state index in [1.165, 1.54) is 0 Å². The molecule has 0 spiro atoms. The van der Waals surface area contributed by atoms with Gasteiger partial charge in [-0.2, -0.15) is 5.10 Å².